The Morgan fingerprint density at radius 1 is 1.15 bits per heavy atom. The predicted octanol–water partition coefficient (Wildman–Crippen LogP) is 4.59. The van der Waals surface area contributed by atoms with Gasteiger partial charge in [0.25, 0.3) is 0 Å². The zero-order valence-electron chi connectivity index (χ0n) is 13.3. The highest BCUT2D eigenvalue weighted by Crippen LogP contribution is 2.59. The van der Waals surface area contributed by atoms with E-state index in [0.717, 1.165) is 6.04 Å². The Labute approximate surface area is 124 Å². The van der Waals surface area contributed by atoms with Crippen LogP contribution in [0.25, 0.3) is 0 Å². The lowest BCUT2D eigenvalue weighted by Crippen LogP contribution is -2.54. The smallest absolute Gasteiger partial charge is 0.00885 e. The molecule has 2 aliphatic carbocycles. The number of hydrogen-bond acceptors (Lipinski definition) is 1. The summed E-state index contributed by atoms with van der Waals surface area (Å²) in [4.78, 5) is 0. The fraction of sp³-hybridized carbons (Fsp3) is 0.684. The Morgan fingerprint density at radius 3 is 2.40 bits per heavy atom. The summed E-state index contributed by atoms with van der Waals surface area (Å²) in [6.45, 7) is 8.15. The van der Waals surface area contributed by atoms with Gasteiger partial charge in [-0.25, -0.2) is 0 Å². The summed E-state index contributed by atoms with van der Waals surface area (Å²) in [5.74, 6) is 0. The number of aryl methyl sites for hydroxylation is 1. The van der Waals surface area contributed by atoms with Gasteiger partial charge in [-0.2, -0.15) is 0 Å². The fourth-order valence-corrected chi connectivity index (χ4v) is 4.17. The van der Waals surface area contributed by atoms with E-state index in [0.29, 0.717) is 10.8 Å². The Kier molecular flexibility index (Phi) is 3.66. The minimum absolute atomic E-state index is 0.403. The molecule has 2 fully saturated rings. The summed E-state index contributed by atoms with van der Waals surface area (Å²) in [6.07, 6.45) is 8.18. The lowest BCUT2D eigenvalue weighted by atomic mass is 9.48. The van der Waals surface area contributed by atoms with Crippen LogP contribution in [0.2, 0.25) is 0 Å². The van der Waals surface area contributed by atoms with E-state index in [4.69, 9.17) is 0 Å². The highest BCUT2D eigenvalue weighted by atomic mass is 15.0. The van der Waals surface area contributed by atoms with Crippen molar-refractivity contribution in [2.24, 2.45) is 5.41 Å². The Morgan fingerprint density at radius 2 is 1.85 bits per heavy atom. The molecule has 1 nitrogen and oxygen atoms in total. The van der Waals surface area contributed by atoms with E-state index in [1.807, 2.05) is 0 Å². The first-order chi connectivity index (χ1) is 9.61. The largest absolute Gasteiger partial charge is 0.313 e. The summed E-state index contributed by atoms with van der Waals surface area (Å²) in [6, 6.07) is 10.1. The molecular weight excluding hydrogens is 242 g/mol. The third kappa shape index (κ3) is 2.53. The van der Waals surface area contributed by atoms with Gasteiger partial charge in [-0.05, 0) is 43.6 Å². The standard InChI is InChI=1S/C19H29N/c1-4-18(5-2)12-19(13-18,14-20-17-9-10-17)16-8-6-7-15(3)11-16/h6-8,11,17,20H,4-5,9-10,12-14H2,1-3H3. The van der Waals surface area contributed by atoms with Gasteiger partial charge in [0.2, 0.25) is 0 Å². The second-order valence-electron chi connectivity index (χ2n) is 7.37. The van der Waals surface area contributed by atoms with Crippen molar-refractivity contribution in [3.05, 3.63) is 35.4 Å². The van der Waals surface area contributed by atoms with Crippen molar-refractivity contribution in [3.8, 4) is 0 Å². The number of nitrogens with one attached hydrogen (secondary N) is 1. The van der Waals surface area contributed by atoms with Crippen LogP contribution in [0.4, 0.5) is 0 Å². The van der Waals surface area contributed by atoms with E-state index in [9.17, 15) is 0 Å². The quantitative estimate of drug-likeness (QED) is 0.798. The van der Waals surface area contributed by atoms with Crippen LogP contribution in [0.15, 0.2) is 24.3 Å². The number of benzene rings is 1. The van der Waals surface area contributed by atoms with Gasteiger partial charge in [0.15, 0.2) is 0 Å². The molecule has 0 unspecified atom stereocenters. The molecule has 0 amide bonds. The lowest BCUT2D eigenvalue weighted by molar-refractivity contribution is 0.0126. The maximum atomic E-state index is 3.80. The Balaban J connectivity index is 1.81. The normalized spacial score (nSPS) is 23.4. The monoisotopic (exact) mass is 271 g/mol. The van der Waals surface area contributed by atoms with Gasteiger partial charge < -0.3 is 5.32 Å². The van der Waals surface area contributed by atoms with Crippen molar-refractivity contribution in [1.29, 1.82) is 0 Å². The summed E-state index contributed by atoms with van der Waals surface area (Å²) >= 11 is 0. The highest BCUT2D eigenvalue weighted by molar-refractivity contribution is 5.34. The van der Waals surface area contributed by atoms with Crippen molar-refractivity contribution < 1.29 is 0 Å². The fourth-order valence-electron chi connectivity index (χ4n) is 4.17. The molecule has 0 bridgehead atoms. The van der Waals surface area contributed by atoms with Crippen molar-refractivity contribution in [1.82, 2.24) is 5.32 Å². The molecule has 0 atom stereocenters. The van der Waals surface area contributed by atoms with E-state index >= 15 is 0 Å². The molecule has 20 heavy (non-hydrogen) atoms. The van der Waals surface area contributed by atoms with Crippen molar-refractivity contribution in [2.45, 2.75) is 70.8 Å². The van der Waals surface area contributed by atoms with Gasteiger partial charge in [0.1, 0.15) is 0 Å². The molecule has 1 N–H and O–H groups in total. The summed E-state index contributed by atoms with van der Waals surface area (Å²) in [5.41, 5.74) is 3.98. The number of hydrogen-bond donors (Lipinski definition) is 1. The molecule has 0 radical (unpaired) electrons. The molecule has 3 rings (SSSR count). The van der Waals surface area contributed by atoms with E-state index in [1.54, 1.807) is 5.56 Å². The molecule has 1 aromatic carbocycles. The van der Waals surface area contributed by atoms with E-state index < -0.39 is 0 Å². The van der Waals surface area contributed by atoms with Crippen LogP contribution in [-0.2, 0) is 5.41 Å². The molecule has 1 aromatic rings. The molecule has 0 saturated heterocycles. The minimum atomic E-state index is 0.403. The average Bonchev–Trinajstić information content (AvgIpc) is 3.23. The van der Waals surface area contributed by atoms with Gasteiger partial charge in [-0.1, -0.05) is 56.5 Å². The molecule has 1 heteroatoms. The van der Waals surface area contributed by atoms with Gasteiger partial charge in [0, 0.05) is 18.0 Å². The molecular formula is C19H29N. The maximum absolute atomic E-state index is 3.80. The zero-order valence-corrected chi connectivity index (χ0v) is 13.3. The predicted molar refractivity (Wildman–Crippen MR) is 86.1 cm³/mol. The molecule has 0 aliphatic heterocycles. The first-order valence-electron chi connectivity index (χ1n) is 8.42. The van der Waals surface area contributed by atoms with E-state index in [2.05, 4.69) is 50.4 Å². The molecule has 0 heterocycles. The van der Waals surface area contributed by atoms with Crippen molar-refractivity contribution in [2.75, 3.05) is 6.54 Å². The Hall–Kier alpha value is -0.820. The lowest BCUT2D eigenvalue weighted by Gasteiger charge is -2.57. The van der Waals surface area contributed by atoms with Gasteiger partial charge >= 0.3 is 0 Å². The van der Waals surface area contributed by atoms with Crippen LogP contribution >= 0.6 is 0 Å². The van der Waals surface area contributed by atoms with Crippen molar-refractivity contribution >= 4 is 0 Å². The maximum Gasteiger partial charge on any atom is 0.00885 e. The second kappa shape index (κ2) is 5.18. The van der Waals surface area contributed by atoms with Crippen LogP contribution in [0.1, 0.15) is 63.5 Å². The zero-order chi connectivity index (χ0) is 14.2. The molecule has 0 spiro atoms. The topological polar surface area (TPSA) is 12.0 Å². The van der Waals surface area contributed by atoms with E-state index in [1.165, 1.54) is 50.6 Å². The number of rotatable bonds is 6. The minimum Gasteiger partial charge on any atom is -0.313 e. The third-order valence-corrected chi connectivity index (χ3v) is 5.86. The second-order valence-corrected chi connectivity index (χ2v) is 7.37. The molecule has 2 aliphatic rings. The van der Waals surface area contributed by atoms with Gasteiger partial charge in [-0.15, -0.1) is 0 Å². The van der Waals surface area contributed by atoms with Crippen LogP contribution in [0, 0.1) is 12.3 Å². The van der Waals surface area contributed by atoms with Crippen LogP contribution in [0.5, 0.6) is 0 Å². The molecule has 2 saturated carbocycles. The average molecular weight is 271 g/mol. The summed E-state index contributed by atoms with van der Waals surface area (Å²) in [5, 5.41) is 3.80. The van der Waals surface area contributed by atoms with Crippen molar-refractivity contribution in [3.63, 3.8) is 0 Å². The molecule has 110 valence electrons. The summed E-state index contributed by atoms with van der Waals surface area (Å²) < 4.78 is 0. The van der Waals surface area contributed by atoms with Gasteiger partial charge in [0.05, 0.1) is 0 Å². The van der Waals surface area contributed by atoms with E-state index in [-0.39, 0.29) is 0 Å². The van der Waals surface area contributed by atoms with Crippen LogP contribution < -0.4 is 5.32 Å². The van der Waals surface area contributed by atoms with Crippen LogP contribution in [-0.4, -0.2) is 12.6 Å². The first-order valence-corrected chi connectivity index (χ1v) is 8.42. The Bertz CT molecular complexity index is 460. The van der Waals surface area contributed by atoms with Gasteiger partial charge in [-0.3, -0.25) is 0 Å². The first kappa shape index (κ1) is 14.1. The van der Waals surface area contributed by atoms with Crippen LogP contribution in [0.3, 0.4) is 0 Å². The summed E-state index contributed by atoms with van der Waals surface area (Å²) in [7, 11) is 0. The molecule has 0 aromatic heterocycles. The SMILES string of the molecule is CCC1(CC)CC(CNC2CC2)(c2cccc(C)c2)C1. The highest BCUT2D eigenvalue weighted by Gasteiger charge is 2.53. The third-order valence-electron chi connectivity index (χ3n) is 5.86.